The number of ether oxygens (including phenoxy) is 3. The van der Waals surface area contributed by atoms with Gasteiger partial charge >= 0.3 is 6.03 Å². The summed E-state index contributed by atoms with van der Waals surface area (Å²) < 4.78 is 31.0. The summed E-state index contributed by atoms with van der Waals surface area (Å²) in [5.41, 5.74) is 1.61. The molecule has 38 heavy (non-hydrogen) atoms. The standard InChI is InChI=1S/C27H32FN5O5/c1-2-29-27(35)32(10-9-31-11-13-36-14-12-31)17-26(34)33-23(19-7-8-24-25(15-19)38-18-37-24)16-22(30-33)20-5-3-4-6-21(20)28/h3-8,15,23H,2,9-14,16-18H2,1H3,(H,29,35)/t23-/m0/s1. The highest BCUT2D eigenvalue weighted by molar-refractivity contribution is 6.03. The smallest absolute Gasteiger partial charge is 0.317 e. The third kappa shape index (κ3) is 5.73. The average molecular weight is 526 g/mol. The van der Waals surface area contributed by atoms with Gasteiger partial charge in [0.1, 0.15) is 12.4 Å². The van der Waals surface area contributed by atoms with Crippen molar-refractivity contribution in [3.63, 3.8) is 0 Å². The average Bonchev–Trinajstić information content (AvgIpc) is 3.59. The van der Waals surface area contributed by atoms with Crippen LogP contribution in [0.2, 0.25) is 0 Å². The molecule has 1 atom stereocenters. The zero-order valence-corrected chi connectivity index (χ0v) is 21.4. The summed E-state index contributed by atoms with van der Waals surface area (Å²) in [7, 11) is 0. The van der Waals surface area contributed by atoms with Crippen LogP contribution in [-0.2, 0) is 9.53 Å². The summed E-state index contributed by atoms with van der Waals surface area (Å²) in [5.74, 6) is 0.459. The van der Waals surface area contributed by atoms with Crippen LogP contribution in [0.1, 0.15) is 30.5 Å². The van der Waals surface area contributed by atoms with Crippen LogP contribution in [0.15, 0.2) is 47.6 Å². The van der Waals surface area contributed by atoms with Gasteiger partial charge in [0, 0.05) is 44.7 Å². The first-order chi connectivity index (χ1) is 18.5. The van der Waals surface area contributed by atoms with Gasteiger partial charge in [0.25, 0.3) is 5.91 Å². The van der Waals surface area contributed by atoms with Gasteiger partial charge in [-0.05, 0) is 30.7 Å². The van der Waals surface area contributed by atoms with Gasteiger partial charge in [-0.3, -0.25) is 9.69 Å². The Kier molecular flexibility index (Phi) is 8.04. The van der Waals surface area contributed by atoms with Crippen molar-refractivity contribution in [2.75, 3.05) is 59.3 Å². The Bertz CT molecular complexity index is 1200. The molecule has 0 radical (unpaired) electrons. The lowest BCUT2D eigenvalue weighted by atomic mass is 9.97. The number of nitrogens with one attached hydrogen (secondary N) is 1. The number of carbonyl (C=O) groups is 2. The monoisotopic (exact) mass is 525 g/mol. The lowest BCUT2D eigenvalue weighted by molar-refractivity contribution is -0.133. The summed E-state index contributed by atoms with van der Waals surface area (Å²) in [5, 5.41) is 8.76. The Morgan fingerprint density at radius 3 is 2.71 bits per heavy atom. The van der Waals surface area contributed by atoms with Gasteiger partial charge in [-0.2, -0.15) is 5.10 Å². The van der Waals surface area contributed by atoms with Crippen LogP contribution in [0.25, 0.3) is 0 Å². The van der Waals surface area contributed by atoms with E-state index in [9.17, 15) is 14.0 Å². The number of morpholine rings is 1. The molecule has 0 aromatic heterocycles. The van der Waals surface area contributed by atoms with Crippen molar-refractivity contribution in [3.05, 3.63) is 59.4 Å². The molecule has 0 spiro atoms. The number of hydrogen-bond donors (Lipinski definition) is 1. The highest BCUT2D eigenvalue weighted by atomic mass is 19.1. The van der Waals surface area contributed by atoms with Crippen LogP contribution in [0.4, 0.5) is 9.18 Å². The molecule has 10 nitrogen and oxygen atoms in total. The minimum Gasteiger partial charge on any atom is -0.454 e. The van der Waals surface area contributed by atoms with E-state index in [0.717, 1.165) is 18.7 Å². The molecule has 2 aromatic carbocycles. The molecule has 5 rings (SSSR count). The third-order valence-electron chi connectivity index (χ3n) is 6.86. The molecule has 3 aliphatic rings. The number of carbonyl (C=O) groups excluding carboxylic acids is 2. The number of rotatable bonds is 8. The highest BCUT2D eigenvalue weighted by Gasteiger charge is 2.36. The highest BCUT2D eigenvalue weighted by Crippen LogP contribution is 2.39. The molecular weight excluding hydrogens is 493 g/mol. The number of nitrogens with zero attached hydrogens (tertiary/aromatic N) is 4. The van der Waals surface area contributed by atoms with Crippen molar-refractivity contribution < 1.29 is 28.2 Å². The topological polar surface area (TPSA) is 95.9 Å². The van der Waals surface area contributed by atoms with Crippen LogP contribution in [0.5, 0.6) is 11.5 Å². The minimum atomic E-state index is -0.484. The van der Waals surface area contributed by atoms with Crippen LogP contribution >= 0.6 is 0 Å². The molecule has 3 aliphatic heterocycles. The molecule has 0 aliphatic carbocycles. The zero-order valence-electron chi connectivity index (χ0n) is 21.4. The first-order valence-corrected chi connectivity index (χ1v) is 12.9. The number of hydrogen-bond acceptors (Lipinski definition) is 7. The van der Waals surface area contributed by atoms with Crippen molar-refractivity contribution in [2.45, 2.75) is 19.4 Å². The maximum absolute atomic E-state index is 14.7. The first kappa shape index (κ1) is 25.9. The molecule has 3 amide bonds. The Morgan fingerprint density at radius 2 is 1.92 bits per heavy atom. The van der Waals surface area contributed by atoms with E-state index in [1.54, 1.807) is 24.3 Å². The Balaban J connectivity index is 1.39. The van der Waals surface area contributed by atoms with E-state index in [1.165, 1.54) is 16.0 Å². The number of halogens is 1. The molecule has 2 aromatic rings. The Hall–Kier alpha value is -3.70. The lowest BCUT2D eigenvalue weighted by Gasteiger charge is -2.31. The molecule has 202 valence electrons. The quantitative estimate of drug-likeness (QED) is 0.569. The second kappa shape index (κ2) is 11.8. The summed E-state index contributed by atoms with van der Waals surface area (Å²) in [4.78, 5) is 30.3. The third-order valence-corrected chi connectivity index (χ3v) is 6.86. The summed E-state index contributed by atoms with van der Waals surface area (Å²) in [6.07, 6.45) is 0.321. The predicted molar refractivity (Wildman–Crippen MR) is 138 cm³/mol. The zero-order chi connectivity index (χ0) is 26.5. The fraction of sp³-hybridized carbons (Fsp3) is 0.444. The van der Waals surface area contributed by atoms with Gasteiger partial charge in [-0.1, -0.05) is 24.3 Å². The van der Waals surface area contributed by atoms with Crippen molar-refractivity contribution in [1.29, 1.82) is 0 Å². The molecular formula is C27H32FN5O5. The van der Waals surface area contributed by atoms with Crippen molar-refractivity contribution >= 4 is 17.6 Å². The molecule has 1 saturated heterocycles. The summed E-state index contributed by atoms with van der Waals surface area (Å²) in [6, 6.07) is 11.1. The van der Waals surface area contributed by atoms with E-state index in [-0.39, 0.29) is 25.3 Å². The van der Waals surface area contributed by atoms with E-state index >= 15 is 0 Å². The number of urea groups is 1. The van der Waals surface area contributed by atoms with E-state index in [4.69, 9.17) is 14.2 Å². The van der Waals surface area contributed by atoms with Crippen molar-refractivity contribution in [1.82, 2.24) is 20.1 Å². The normalized spacial score (nSPS) is 18.8. The molecule has 1 N–H and O–H groups in total. The molecule has 0 saturated carbocycles. The Labute approximate surface area is 220 Å². The van der Waals surface area contributed by atoms with Gasteiger partial charge in [-0.15, -0.1) is 0 Å². The van der Waals surface area contributed by atoms with E-state index in [2.05, 4.69) is 15.3 Å². The van der Waals surface area contributed by atoms with Crippen molar-refractivity contribution in [2.24, 2.45) is 5.10 Å². The number of fused-ring (bicyclic) bond motifs is 1. The maximum Gasteiger partial charge on any atom is 0.317 e. The lowest BCUT2D eigenvalue weighted by Crippen LogP contribution is -2.49. The van der Waals surface area contributed by atoms with E-state index in [1.807, 2.05) is 19.1 Å². The molecule has 0 bridgehead atoms. The van der Waals surface area contributed by atoms with E-state index in [0.29, 0.717) is 62.0 Å². The second-order valence-corrected chi connectivity index (χ2v) is 9.31. The van der Waals surface area contributed by atoms with Gasteiger partial charge in [0.05, 0.1) is 25.0 Å². The van der Waals surface area contributed by atoms with Gasteiger partial charge < -0.3 is 24.4 Å². The van der Waals surface area contributed by atoms with Crippen LogP contribution in [-0.4, -0.2) is 91.7 Å². The van der Waals surface area contributed by atoms with Gasteiger partial charge in [-0.25, -0.2) is 14.2 Å². The van der Waals surface area contributed by atoms with Gasteiger partial charge in [0.15, 0.2) is 11.5 Å². The Morgan fingerprint density at radius 1 is 1.13 bits per heavy atom. The summed E-state index contributed by atoms with van der Waals surface area (Å²) in [6.45, 7) is 6.13. The van der Waals surface area contributed by atoms with Crippen LogP contribution in [0, 0.1) is 5.82 Å². The molecule has 1 fully saturated rings. The SMILES string of the molecule is CCNC(=O)N(CCN1CCOCC1)CC(=O)N1N=C(c2ccccc2F)C[C@H]1c1ccc2c(c1)OCO2. The largest absolute Gasteiger partial charge is 0.454 e. The number of amides is 3. The maximum atomic E-state index is 14.7. The van der Waals surface area contributed by atoms with Crippen LogP contribution in [0.3, 0.4) is 0 Å². The second-order valence-electron chi connectivity index (χ2n) is 9.31. The molecule has 11 heteroatoms. The number of benzene rings is 2. The predicted octanol–water partition coefficient (Wildman–Crippen LogP) is 2.60. The number of hydrazone groups is 1. The fourth-order valence-electron chi connectivity index (χ4n) is 4.82. The van der Waals surface area contributed by atoms with Crippen LogP contribution < -0.4 is 14.8 Å². The fourth-order valence-corrected chi connectivity index (χ4v) is 4.82. The van der Waals surface area contributed by atoms with Gasteiger partial charge in [0.2, 0.25) is 6.79 Å². The minimum absolute atomic E-state index is 0.133. The molecule has 0 unspecified atom stereocenters. The first-order valence-electron chi connectivity index (χ1n) is 12.9. The van der Waals surface area contributed by atoms with Crippen molar-refractivity contribution in [3.8, 4) is 11.5 Å². The molecule has 3 heterocycles. The summed E-state index contributed by atoms with van der Waals surface area (Å²) >= 11 is 0. The van der Waals surface area contributed by atoms with E-state index < -0.39 is 11.9 Å².